The number of carbonyl (C=O) groups excluding carboxylic acids is 1. The number of hydrogen-bond donors (Lipinski definition) is 1. The van der Waals surface area contributed by atoms with Gasteiger partial charge < -0.3 is 15.0 Å². The van der Waals surface area contributed by atoms with Crippen LogP contribution in [-0.4, -0.2) is 48.6 Å². The van der Waals surface area contributed by atoms with Gasteiger partial charge in [-0.15, -0.1) is 0 Å². The van der Waals surface area contributed by atoms with Gasteiger partial charge in [-0.2, -0.15) is 5.26 Å². The lowest BCUT2D eigenvalue weighted by atomic mass is 10.1. The zero-order valence-corrected chi connectivity index (χ0v) is 20.5. The SMILES string of the molecule is Cc1cccc(CO[C@@H](CN2CCN(C(=O)Nc3ccc(C#N)cc3)CC2)c2ccc(Cl)cc2)c1. The predicted octanol–water partition coefficient (Wildman–Crippen LogP) is 5.63. The van der Waals surface area contributed by atoms with Gasteiger partial charge in [-0.25, -0.2) is 4.79 Å². The average Bonchev–Trinajstić information content (AvgIpc) is 2.88. The minimum Gasteiger partial charge on any atom is -0.368 e. The molecule has 35 heavy (non-hydrogen) atoms. The number of hydrogen-bond acceptors (Lipinski definition) is 4. The van der Waals surface area contributed by atoms with E-state index in [9.17, 15) is 4.79 Å². The van der Waals surface area contributed by atoms with Crippen molar-refractivity contribution in [1.82, 2.24) is 9.80 Å². The first-order chi connectivity index (χ1) is 17.0. The molecule has 180 valence electrons. The first kappa shape index (κ1) is 24.7. The molecule has 0 unspecified atom stereocenters. The summed E-state index contributed by atoms with van der Waals surface area (Å²) in [7, 11) is 0. The highest BCUT2D eigenvalue weighted by molar-refractivity contribution is 6.30. The van der Waals surface area contributed by atoms with Crippen LogP contribution in [0.5, 0.6) is 0 Å². The summed E-state index contributed by atoms with van der Waals surface area (Å²) in [6.07, 6.45) is -0.105. The summed E-state index contributed by atoms with van der Waals surface area (Å²) < 4.78 is 6.38. The van der Waals surface area contributed by atoms with E-state index in [4.69, 9.17) is 21.6 Å². The van der Waals surface area contributed by atoms with Crippen molar-refractivity contribution in [1.29, 1.82) is 5.26 Å². The number of anilines is 1. The number of piperazine rings is 1. The number of nitrogens with one attached hydrogen (secondary N) is 1. The number of amides is 2. The monoisotopic (exact) mass is 488 g/mol. The van der Waals surface area contributed by atoms with E-state index in [0.29, 0.717) is 36.0 Å². The Bertz CT molecular complexity index is 1170. The number of benzene rings is 3. The zero-order chi connectivity index (χ0) is 24.6. The van der Waals surface area contributed by atoms with E-state index in [1.165, 1.54) is 5.56 Å². The van der Waals surface area contributed by atoms with Crippen LogP contribution in [0.15, 0.2) is 72.8 Å². The summed E-state index contributed by atoms with van der Waals surface area (Å²) in [4.78, 5) is 16.8. The third-order valence-electron chi connectivity index (χ3n) is 6.12. The molecule has 1 fully saturated rings. The molecule has 1 N–H and O–H groups in total. The quantitative estimate of drug-likeness (QED) is 0.468. The average molecular weight is 489 g/mol. The number of rotatable bonds is 7. The number of ether oxygens (including phenoxy) is 1. The maximum atomic E-state index is 12.7. The molecule has 0 spiro atoms. The number of halogens is 1. The van der Waals surface area contributed by atoms with Crippen molar-refractivity contribution < 1.29 is 9.53 Å². The summed E-state index contributed by atoms with van der Waals surface area (Å²) in [5.74, 6) is 0. The van der Waals surface area contributed by atoms with Gasteiger partial charge in [0.1, 0.15) is 0 Å². The van der Waals surface area contributed by atoms with Gasteiger partial charge in [0.2, 0.25) is 0 Å². The molecule has 4 rings (SSSR count). The van der Waals surface area contributed by atoms with Crippen LogP contribution in [0, 0.1) is 18.3 Å². The second kappa shape index (κ2) is 11.9. The number of urea groups is 1. The van der Waals surface area contributed by atoms with E-state index in [1.807, 2.05) is 35.2 Å². The van der Waals surface area contributed by atoms with Crippen molar-refractivity contribution in [3.8, 4) is 6.07 Å². The minimum atomic E-state index is -0.126. The molecule has 1 aliphatic heterocycles. The summed E-state index contributed by atoms with van der Waals surface area (Å²) in [6, 6.07) is 25.0. The smallest absolute Gasteiger partial charge is 0.321 e. The van der Waals surface area contributed by atoms with Gasteiger partial charge in [-0.1, -0.05) is 53.6 Å². The fourth-order valence-electron chi connectivity index (χ4n) is 4.13. The fraction of sp³-hybridized carbons (Fsp3) is 0.286. The van der Waals surface area contributed by atoms with E-state index in [1.54, 1.807) is 24.3 Å². The lowest BCUT2D eigenvalue weighted by Gasteiger charge is -2.36. The van der Waals surface area contributed by atoms with Gasteiger partial charge >= 0.3 is 6.03 Å². The standard InChI is InChI=1S/C28H29ClN4O2/c1-21-3-2-4-23(17-21)20-35-27(24-7-9-25(29)10-8-24)19-32-13-15-33(16-14-32)28(34)31-26-11-5-22(18-30)6-12-26/h2-12,17,27H,13-16,19-20H2,1H3,(H,31,34)/t27-/m0/s1. The van der Waals surface area contributed by atoms with E-state index in [-0.39, 0.29) is 12.1 Å². The maximum absolute atomic E-state index is 12.7. The lowest BCUT2D eigenvalue weighted by Crippen LogP contribution is -2.50. The molecular weight excluding hydrogens is 460 g/mol. The molecule has 1 saturated heterocycles. The first-order valence-electron chi connectivity index (χ1n) is 11.7. The molecule has 7 heteroatoms. The fourth-order valence-corrected chi connectivity index (χ4v) is 4.26. The Balaban J connectivity index is 1.34. The Hall–Kier alpha value is -3.37. The van der Waals surface area contributed by atoms with Gasteiger partial charge in [-0.3, -0.25) is 4.90 Å². The van der Waals surface area contributed by atoms with Gasteiger partial charge in [-0.05, 0) is 54.4 Å². The molecule has 0 bridgehead atoms. The summed E-state index contributed by atoms with van der Waals surface area (Å²) in [5, 5.41) is 12.5. The Labute approximate surface area is 211 Å². The van der Waals surface area contributed by atoms with Crippen molar-refractivity contribution >= 4 is 23.3 Å². The third kappa shape index (κ3) is 7.06. The number of aryl methyl sites for hydroxylation is 1. The minimum absolute atomic E-state index is 0.105. The van der Waals surface area contributed by atoms with Crippen LogP contribution in [-0.2, 0) is 11.3 Å². The Morgan fingerprint density at radius 3 is 2.43 bits per heavy atom. The van der Waals surface area contributed by atoms with Crippen LogP contribution < -0.4 is 5.32 Å². The van der Waals surface area contributed by atoms with Crippen LogP contribution in [0.25, 0.3) is 0 Å². The second-order valence-electron chi connectivity index (χ2n) is 8.75. The summed E-state index contributed by atoms with van der Waals surface area (Å²) in [6.45, 7) is 6.13. The number of nitriles is 1. The number of nitrogens with zero attached hydrogens (tertiary/aromatic N) is 3. The van der Waals surface area contributed by atoms with Crippen molar-refractivity contribution in [2.24, 2.45) is 0 Å². The van der Waals surface area contributed by atoms with Crippen LogP contribution in [0.1, 0.15) is 28.4 Å². The van der Waals surface area contributed by atoms with E-state index in [2.05, 4.69) is 41.4 Å². The lowest BCUT2D eigenvalue weighted by molar-refractivity contribution is 0.00592. The van der Waals surface area contributed by atoms with Gasteiger partial charge in [0.15, 0.2) is 0 Å². The first-order valence-corrected chi connectivity index (χ1v) is 12.1. The summed E-state index contributed by atoms with van der Waals surface area (Å²) in [5.41, 5.74) is 4.70. The molecule has 0 aliphatic carbocycles. The van der Waals surface area contributed by atoms with Gasteiger partial charge in [0.05, 0.1) is 24.3 Å². The molecule has 2 amide bonds. The normalized spacial score (nSPS) is 14.8. The largest absolute Gasteiger partial charge is 0.368 e. The molecule has 1 aliphatic rings. The van der Waals surface area contributed by atoms with Crippen molar-refractivity contribution in [2.45, 2.75) is 19.6 Å². The molecule has 3 aromatic carbocycles. The van der Waals surface area contributed by atoms with E-state index < -0.39 is 0 Å². The molecule has 0 radical (unpaired) electrons. The highest BCUT2D eigenvalue weighted by Gasteiger charge is 2.24. The third-order valence-corrected chi connectivity index (χ3v) is 6.38. The molecule has 6 nitrogen and oxygen atoms in total. The van der Waals surface area contributed by atoms with E-state index in [0.717, 1.165) is 30.8 Å². The Kier molecular flexibility index (Phi) is 8.38. The van der Waals surface area contributed by atoms with E-state index >= 15 is 0 Å². The van der Waals surface area contributed by atoms with Gasteiger partial charge in [0, 0.05) is 43.4 Å². The molecule has 3 aromatic rings. The van der Waals surface area contributed by atoms with Crippen LogP contribution in [0.3, 0.4) is 0 Å². The van der Waals surface area contributed by atoms with Crippen LogP contribution >= 0.6 is 11.6 Å². The molecule has 1 atom stereocenters. The molecule has 0 aromatic heterocycles. The molecular formula is C28H29ClN4O2. The molecule has 1 heterocycles. The van der Waals surface area contributed by atoms with Crippen LogP contribution in [0.2, 0.25) is 5.02 Å². The van der Waals surface area contributed by atoms with Gasteiger partial charge in [0.25, 0.3) is 0 Å². The van der Waals surface area contributed by atoms with Crippen LogP contribution in [0.4, 0.5) is 10.5 Å². The van der Waals surface area contributed by atoms with Crippen molar-refractivity contribution in [3.63, 3.8) is 0 Å². The second-order valence-corrected chi connectivity index (χ2v) is 9.18. The van der Waals surface area contributed by atoms with Crippen molar-refractivity contribution in [3.05, 3.63) is 100 Å². The Morgan fingerprint density at radius 1 is 1.06 bits per heavy atom. The summed E-state index contributed by atoms with van der Waals surface area (Å²) >= 11 is 6.11. The highest BCUT2D eigenvalue weighted by Crippen LogP contribution is 2.24. The Morgan fingerprint density at radius 2 is 1.77 bits per heavy atom. The topological polar surface area (TPSA) is 68.6 Å². The predicted molar refractivity (Wildman–Crippen MR) is 138 cm³/mol. The maximum Gasteiger partial charge on any atom is 0.321 e. The zero-order valence-electron chi connectivity index (χ0n) is 19.8. The number of carbonyl (C=O) groups is 1. The molecule has 0 saturated carbocycles. The van der Waals surface area contributed by atoms with Crippen molar-refractivity contribution in [2.75, 3.05) is 38.0 Å². The highest BCUT2D eigenvalue weighted by atomic mass is 35.5.